The molecule has 0 rings (SSSR count). The largest absolute Gasteiger partial charge is 0.139 e. The fourth-order valence-corrected chi connectivity index (χ4v) is 81.5. The Kier molecular flexibility index (Phi) is 5.79. The van der Waals surface area contributed by atoms with Gasteiger partial charge in [-0.05, 0) is 10.6 Å². The van der Waals surface area contributed by atoms with Gasteiger partial charge in [-0.25, -0.2) is 0 Å². The molecule has 0 aromatic rings. The van der Waals surface area contributed by atoms with Crippen LogP contribution in [0, 0.1) is 0 Å². The van der Waals surface area contributed by atoms with Gasteiger partial charge in [0.1, 0.15) is 0 Å². The van der Waals surface area contributed by atoms with E-state index >= 15 is 0 Å². The van der Waals surface area contributed by atoms with Gasteiger partial charge in [0.2, 0.25) is 0 Å². The molecule has 1 atom stereocenters. The summed E-state index contributed by atoms with van der Waals surface area (Å²) < 4.78 is 0. The van der Waals surface area contributed by atoms with Crippen LogP contribution in [0.15, 0.2) is 0 Å². The molecule has 0 amide bonds. The second-order valence-electron chi connectivity index (χ2n) is 9.12. The molecule has 0 saturated heterocycles. The Bertz CT molecular complexity index is 282. The third-order valence-electron chi connectivity index (χ3n) is 5.05. The molecule has 110 valence electrons. The zero-order chi connectivity index (χ0) is 15.2. The average molecular weight is 321 g/mol. The standard InChI is InChI=1S/C14H37PSi3/c1-13(2)17(9,10)15(16(6,7)8)18(11,12)14(3,4)5/h13H,1-12H3. The number of hydrogen-bond acceptors (Lipinski definition) is 0. The molecule has 0 saturated carbocycles. The van der Waals surface area contributed by atoms with Crippen molar-refractivity contribution < 1.29 is 0 Å². The van der Waals surface area contributed by atoms with Crippen molar-refractivity contribution in [1.29, 1.82) is 0 Å². The summed E-state index contributed by atoms with van der Waals surface area (Å²) in [6.07, 6.45) is 0. The molecule has 0 fully saturated rings. The van der Waals surface area contributed by atoms with Crippen LogP contribution < -0.4 is 0 Å². The lowest BCUT2D eigenvalue weighted by Crippen LogP contribution is -2.51. The molecule has 1 unspecified atom stereocenters. The van der Waals surface area contributed by atoms with Crippen molar-refractivity contribution in [3.63, 3.8) is 0 Å². The van der Waals surface area contributed by atoms with Crippen molar-refractivity contribution in [2.45, 2.75) is 91.0 Å². The van der Waals surface area contributed by atoms with Gasteiger partial charge in [-0.1, -0.05) is 80.4 Å². The Balaban J connectivity index is 5.84. The molecule has 0 aromatic carbocycles. The third-order valence-corrected chi connectivity index (χ3v) is 62.1. The molecule has 18 heavy (non-hydrogen) atoms. The highest BCUT2D eigenvalue weighted by Crippen LogP contribution is 2.69. The van der Waals surface area contributed by atoms with E-state index in [4.69, 9.17) is 0 Å². The minimum atomic E-state index is -1.18. The highest BCUT2D eigenvalue weighted by atomic mass is 31.8. The summed E-state index contributed by atoms with van der Waals surface area (Å²) >= 11 is 0. The van der Waals surface area contributed by atoms with Crippen LogP contribution in [0.3, 0.4) is 0 Å². The normalized spacial score (nSPS) is 17.2. The maximum absolute atomic E-state index is 2.70. The molecule has 0 bridgehead atoms. The molecule has 0 aliphatic heterocycles. The monoisotopic (exact) mass is 320 g/mol. The third kappa shape index (κ3) is 3.80. The van der Waals surface area contributed by atoms with Crippen LogP contribution in [0.5, 0.6) is 0 Å². The Labute approximate surface area is 121 Å². The maximum atomic E-state index is 2.70. The smallest absolute Gasteiger partial charge is 0.0724 e. The molecule has 4 heteroatoms. The molecular formula is C14H37PSi3. The van der Waals surface area contributed by atoms with Crippen LogP contribution in [-0.2, 0) is 0 Å². The first-order valence-corrected chi connectivity index (χ1v) is 20.8. The second-order valence-corrected chi connectivity index (χ2v) is 42.1. The fraction of sp³-hybridized carbons (Fsp3) is 1.00. The zero-order valence-electron chi connectivity index (χ0n) is 15.0. The van der Waals surface area contributed by atoms with Crippen molar-refractivity contribution in [1.82, 2.24) is 0 Å². The molecule has 0 radical (unpaired) electrons. The average Bonchev–Trinajstić information content (AvgIpc) is 1.96. The van der Waals surface area contributed by atoms with E-state index in [0.29, 0.717) is 11.6 Å². The molecule has 0 nitrogen and oxygen atoms in total. The van der Waals surface area contributed by atoms with Gasteiger partial charge in [-0.3, -0.25) is 0 Å². The molecule has 0 spiro atoms. The van der Waals surface area contributed by atoms with E-state index in [0.717, 1.165) is 5.54 Å². The molecule has 0 N–H and O–H groups in total. The van der Waals surface area contributed by atoms with Gasteiger partial charge in [0.05, 0.1) is 23.2 Å². The quantitative estimate of drug-likeness (QED) is 0.389. The van der Waals surface area contributed by atoms with Crippen LogP contribution in [0.2, 0.25) is 56.4 Å². The van der Waals surface area contributed by atoms with Gasteiger partial charge < -0.3 is 0 Å². The lowest BCUT2D eigenvalue weighted by Gasteiger charge is -2.56. The summed E-state index contributed by atoms with van der Waals surface area (Å²) in [6.45, 7) is 31.6. The predicted molar refractivity (Wildman–Crippen MR) is 100 cm³/mol. The van der Waals surface area contributed by atoms with Gasteiger partial charge in [0.15, 0.2) is 0 Å². The molecule has 0 heterocycles. The van der Waals surface area contributed by atoms with Gasteiger partial charge in [-0.15, -0.1) is 6.57 Å². The Morgan fingerprint density at radius 1 is 0.778 bits per heavy atom. The van der Waals surface area contributed by atoms with Crippen molar-refractivity contribution >= 4 is 29.8 Å². The van der Waals surface area contributed by atoms with E-state index in [-0.39, 0.29) is 0 Å². The van der Waals surface area contributed by atoms with Crippen molar-refractivity contribution in [2.75, 3.05) is 0 Å². The summed E-state index contributed by atoms with van der Waals surface area (Å²) in [5.74, 6) is 0. The highest BCUT2D eigenvalue weighted by Gasteiger charge is 2.54. The van der Waals surface area contributed by atoms with Crippen molar-refractivity contribution in [3.05, 3.63) is 0 Å². The fourth-order valence-electron chi connectivity index (χ4n) is 3.02. The van der Waals surface area contributed by atoms with Gasteiger partial charge in [0.25, 0.3) is 0 Å². The highest BCUT2D eigenvalue weighted by molar-refractivity contribution is 8.37. The lowest BCUT2D eigenvalue weighted by molar-refractivity contribution is 0.736. The zero-order valence-corrected chi connectivity index (χ0v) is 18.9. The molecule has 0 aliphatic rings. The van der Waals surface area contributed by atoms with Crippen LogP contribution in [0.4, 0.5) is 0 Å². The summed E-state index contributed by atoms with van der Waals surface area (Å²) in [6, 6.07) is 0. The topological polar surface area (TPSA) is 0 Å². The van der Waals surface area contributed by atoms with Crippen molar-refractivity contribution in [3.8, 4) is 0 Å². The number of rotatable bonds is 4. The molecule has 0 aromatic heterocycles. The first-order valence-electron chi connectivity index (χ1n) is 7.36. The van der Waals surface area contributed by atoms with E-state index in [1.165, 1.54) is 0 Å². The predicted octanol–water partition coefficient (Wildman–Crippen LogP) is 6.92. The van der Waals surface area contributed by atoms with E-state index in [9.17, 15) is 0 Å². The van der Waals surface area contributed by atoms with Crippen LogP contribution in [-0.4, -0.2) is 23.2 Å². The molecule has 0 aliphatic carbocycles. The Morgan fingerprint density at radius 2 is 1.11 bits per heavy atom. The minimum Gasteiger partial charge on any atom is -0.139 e. The van der Waals surface area contributed by atoms with Crippen LogP contribution >= 0.6 is 6.57 Å². The van der Waals surface area contributed by atoms with E-state index in [2.05, 4.69) is 80.4 Å². The number of hydrogen-bond donors (Lipinski definition) is 0. The van der Waals surface area contributed by atoms with E-state index in [1.807, 2.05) is 0 Å². The summed E-state index contributed by atoms with van der Waals surface area (Å²) in [7, 11) is -3.32. The summed E-state index contributed by atoms with van der Waals surface area (Å²) in [5, 5.41) is 0.554. The Morgan fingerprint density at radius 3 is 1.28 bits per heavy atom. The first-order chi connectivity index (χ1) is 7.56. The van der Waals surface area contributed by atoms with E-state index < -0.39 is 23.2 Å². The van der Waals surface area contributed by atoms with Gasteiger partial charge in [-0.2, -0.15) is 0 Å². The lowest BCUT2D eigenvalue weighted by atomic mass is 10.2. The SMILES string of the molecule is CC(C)[Si](C)(C)P([Si](C)(C)C)[Si](C)(C)C(C)(C)C. The van der Waals surface area contributed by atoms with Crippen LogP contribution in [0.25, 0.3) is 0 Å². The maximum Gasteiger partial charge on any atom is 0.0724 e. The summed E-state index contributed by atoms with van der Waals surface area (Å²) in [4.78, 5) is 0. The van der Waals surface area contributed by atoms with E-state index in [1.54, 1.807) is 0 Å². The molecular weight excluding hydrogens is 283 g/mol. The van der Waals surface area contributed by atoms with Gasteiger partial charge in [0, 0.05) is 0 Å². The van der Waals surface area contributed by atoms with Crippen molar-refractivity contribution in [2.24, 2.45) is 0 Å². The Hall–Kier alpha value is 1.08. The minimum absolute atomic E-state index is 0.301. The first kappa shape index (κ1) is 19.1. The van der Waals surface area contributed by atoms with Crippen LogP contribution in [0.1, 0.15) is 34.6 Å². The van der Waals surface area contributed by atoms with Gasteiger partial charge >= 0.3 is 0 Å². The summed E-state index contributed by atoms with van der Waals surface area (Å²) in [5.41, 5.74) is 0.935. The second kappa shape index (κ2) is 5.46.